The lowest BCUT2D eigenvalue weighted by Gasteiger charge is -2.28. The topological polar surface area (TPSA) is 24.5 Å². The Labute approximate surface area is 124 Å². The van der Waals surface area contributed by atoms with E-state index in [1.54, 1.807) is 7.11 Å². The average molecular weight is 278 g/mol. The van der Waals surface area contributed by atoms with Crippen LogP contribution in [0.3, 0.4) is 0 Å². The smallest absolute Gasteiger partial charge is 0.0587 e. The standard InChI is InChI=1S/C17H30N2O/c1-6-19(13-14(2)3)17-8-7-15(4)11-16(17)12-18-9-10-20-5/h7-8,11,14,18H,6,9-10,12-13H2,1-5H3. The summed E-state index contributed by atoms with van der Waals surface area (Å²) < 4.78 is 5.08. The molecule has 1 aromatic rings. The van der Waals surface area contributed by atoms with E-state index in [0.717, 1.165) is 32.8 Å². The van der Waals surface area contributed by atoms with Gasteiger partial charge in [-0.1, -0.05) is 31.5 Å². The van der Waals surface area contributed by atoms with Crippen LogP contribution in [0.5, 0.6) is 0 Å². The average Bonchev–Trinajstić information content (AvgIpc) is 2.41. The Balaban J connectivity index is 2.82. The van der Waals surface area contributed by atoms with Crippen LogP contribution in [0, 0.1) is 12.8 Å². The maximum Gasteiger partial charge on any atom is 0.0587 e. The molecule has 0 atom stereocenters. The molecular formula is C17H30N2O. The number of nitrogens with one attached hydrogen (secondary N) is 1. The van der Waals surface area contributed by atoms with Gasteiger partial charge in [-0.05, 0) is 31.4 Å². The predicted molar refractivity (Wildman–Crippen MR) is 87.5 cm³/mol. The molecule has 3 nitrogen and oxygen atoms in total. The zero-order valence-electron chi connectivity index (χ0n) is 13.7. The number of nitrogens with zero attached hydrogens (tertiary/aromatic N) is 1. The molecule has 20 heavy (non-hydrogen) atoms. The Morgan fingerprint density at radius 3 is 2.65 bits per heavy atom. The SMILES string of the molecule is CCN(CC(C)C)c1ccc(C)cc1CNCCOC. The van der Waals surface area contributed by atoms with Crippen molar-refractivity contribution in [1.82, 2.24) is 5.32 Å². The predicted octanol–water partition coefficient (Wildman–Crippen LogP) is 3.21. The number of rotatable bonds is 9. The molecule has 0 aliphatic heterocycles. The summed E-state index contributed by atoms with van der Waals surface area (Å²) in [5.41, 5.74) is 4.05. The van der Waals surface area contributed by atoms with E-state index in [4.69, 9.17) is 4.74 Å². The minimum Gasteiger partial charge on any atom is -0.383 e. The molecule has 1 aromatic carbocycles. The third-order valence-electron chi connectivity index (χ3n) is 3.34. The van der Waals surface area contributed by atoms with Gasteiger partial charge in [0, 0.05) is 39.0 Å². The molecule has 0 aliphatic rings. The van der Waals surface area contributed by atoms with E-state index in [9.17, 15) is 0 Å². The first-order valence-electron chi connectivity index (χ1n) is 7.62. The Bertz CT molecular complexity index is 391. The van der Waals surface area contributed by atoms with Crippen LogP contribution < -0.4 is 10.2 Å². The summed E-state index contributed by atoms with van der Waals surface area (Å²) in [6.45, 7) is 13.6. The highest BCUT2D eigenvalue weighted by atomic mass is 16.5. The van der Waals surface area contributed by atoms with Gasteiger partial charge < -0.3 is 15.0 Å². The molecule has 0 saturated carbocycles. The van der Waals surface area contributed by atoms with E-state index in [2.05, 4.69) is 56.1 Å². The largest absolute Gasteiger partial charge is 0.383 e. The molecule has 0 amide bonds. The fourth-order valence-electron chi connectivity index (χ4n) is 2.40. The molecule has 0 bridgehead atoms. The number of benzene rings is 1. The number of anilines is 1. The molecule has 0 aliphatic carbocycles. The molecule has 0 aromatic heterocycles. The van der Waals surface area contributed by atoms with Crippen LogP contribution in [0.4, 0.5) is 5.69 Å². The van der Waals surface area contributed by atoms with Crippen LogP contribution in [-0.2, 0) is 11.3 Å². The van der Waals surface area contributed by atoms with Crippen molar-refractivity contribution in [2.75, 3.05) is 38.3 Å². The Morgan fingerprint density at radius 2 is 2.05 bits per heavy atom. The van der Waals surface area contributed by atoms with Gasteiger partial charge in [-0.25, -0.2) is 0 Å². The second-order valence-corrected chi connectivity index (χ2v) is 5.73. The van der Waals surface area contributed by atoms with E-state index >= 15 is 0 Å². The third kappa shape index (κ3) is 5.51. The number of methoxy groups -OCH3 is 1. The van der Waals surface area contributed by atoms with Crippen molar-refractivity contribution in [3.05, 3.63) is 29.3 Å². The molecular weight excluding hydrogens is 248 g/mol. The molecule has 0 heterocycles. The summed E-state index contributed by atoms with van der Waals surface area (Å²) in [7, 11) is 1.74. The van der Waals surface area contributed by atoms with E-state index in [1.807, 2.05) is 0 Å². The lowest BCUT2D eigenvalue weighted by molar-refractivity contribution is 0.199. The first-order chi connectivity index (χ1) is 9.58. The van der Waals surface area contributed by atoms with Crippen molar-refractivity contribution < 1.29 is 4.74 Å². The van der Waals surface area contributed by atoms with Crippen molar-refractivity contribution in [2.24, 2.45) is 5.92 Å². The van der Waals surface area contributed by atoms with E-state index in [1.165, 1.54) is 16.8 Å². The van der Waals surface area contributed by atoms with Gasteiger partial charge in [-0.3, -0.25) is 0 Å². The highest BCUT2D eigenvalue weighted by Crippen LogP contribution is 2.23. The number of hydrogen-bond acceptors (Lipinski definition) is 3. The zero-order valence-corrected chi connectivity index (χ0v) is 13.7. The first kappa shape index (κ1) is 17.0. The minimum atomic E-state index is 0.672. The molecule has 0 saturated heterocycles. The van der Waals surface area contributed by atoms with Crippen molar-refractivity contribution in [3.8, 4) is 0 Å². The normalized spacial score (nSPS) is 11.1. The van der Waals surface area contributed by atoms with Crippen LogP contribution in [-0.4, -0.2) is 33.4 Å². The summed E-state index contributed by atoms with van der Waals surface area (Å²) in [5, 5.41) is 3.45. The van der Waals surface area contributed by atoms with Crippen molar-refractivity contribution in [1.29, 1.82) is 0 Å². The Kier molecular flexibility index (Phi) is 7.63. The van der Waals surface area contributed by atoms with Gasteiger partial charge in [-0.15, -0.1) is 0 Å². The third-order valence-corrected chi connectivity index (χ3v) is 3.34. The Morgan fingerprint density at radius 1 is 1.30 bits per heavy atom. The van der Waals surface area contributed by atoms with Gasteiger partial charge in [0.1, 0.15) is 0 Å². The van der Waals surface area contributed by atoms with E-state index in [0.29, 0.717) is 5.92 Å². The molecule has 3 heteroatoms. The van der Waals surface area contributed by atoms with Crippen LogP contribution in [0.15, 0.2) is 18.2 Å². The van der Waals surface area contributed by atoms with Gasteiger partial charge in [-0.2, -0.15) is 0 Å². The van der Waals surface area contributed by atoms with E-state index in [-0.39, 0.29) is 0 Å². The second kappa shape index (κ2) is 8.98. The number of aryl methyl sites for hydroxylation is 1. The highest BCUT2D eigenvalue weighted by molar-refractivity contribution is 5.55. The zero-order chi connectivity index (χ0) is 15.0. The number of ether oxygens (including phenoxy) is 1. The van der Waals surface area contributed by atoms with Crippen molar-refractivity contribution in [3.63, 3.8) is 0 Å². The monoisotopic (exact) mass is 278 g/mol. The fourth-order valence-corrected chi connectivity index (χ4v) is 2.40. The quantitative estimate of drug-likeness (QED) is 0.702. The van der Waals surface area contributed by atoms with Crippen LogP contribution in [0.1, 0.15) is 31.9 Å². The van der Waals surface area contributed by atoms with Gasteiger partial charge in [0.2, 0.25) is 0 Å². The van der Waals surface area contributed by atoms with Gasteiger partial charge in [0.05, 0.1) is 6.61 Å². The maximum absolute atomic E-state index is 5.08. The fraction of sp³-hybridized carbons (Fsp3) is 0.647. The Hall–Kier alpha value is -1.06. The van der Waals surface area contributed by atoms with Gasteiger partial charge >= 0.3 is 0 Å². The highest BCUT2D eigenvalue weighted by Gasteiger charge is 2.11. The summed E-state index contributed by atoms with van der Waals surface area (Å²) in [4.78, 5) is 2.47. The maximum atomic E-state index is 5.08. The summed E-state index contributed by atoms with van der Waals surface area (Å²) >= 11 is 0. The van der Waals surface area contributed by atoms with E-state index < -0.39 is 0 Å². The van der Waals surface area contributed by atoms with Crippen LogP contribution in [0.2, 0.25) is 0 Å². The lowest BCUT2D eigenvalue weighted by Crippen LogP contribution is -2.29. The van der Waals surface area contributed by atoms with Crippen LogP contribution >= 0.6 is 0 Å². The summed E-state index contributed by atoms with van der Waals surface area (Å²) in [6, 6.07) is 6.75. The summed E-state index contributed by atoms with van der Waals surface area (Å²) in [5.74, 6) is 0.672. The first-order valence-corrected chi connectivity index (χ1v) is 7.62. The van der Waals surface area contributed by atoms with Crippen molar-refractivity contribution >= 4 is 5.69 Å². The second-order valence-electron chi connectivity index (χ2n) is 5.73. The minimum absolute atomic E-state index is 0.672. The molecule has 0 fully saturated rings. The molecule has 114 valence electrons. The van der Waals surface area contributed by atoms with Crippen molar-refractivity contribution in [2.45, 2.75) is 34.2 Å². The molecule has 0 radical (unpaired) electrons. The van der Waals surface area contributed by atoms with Gasteiger partial charge in [0.15, 0.2) is 0 Å². The molecule has 0 spiro atoms. The summed E-state index contributed by atoms with van der Waals surface area (Å²) in [6.07, 6.45) is 0. The lowest BCUT2D eigenvalue weighted by atomic mass is 10.1. The number of hydrogen-bond donors (Lipinski definition) is 1. The van der Waals surface area contributed by atoms with Gasteiger partial charge in [0.25, 0.3) is 0 Å². The molecule has 1 rings (SSSR count). The molecule has 1 N–H and O–H groups in total. The van der Waals surface area contributed by atoms with Crippen LogP contribution in [0.25, 0.3) is 0 Å². The molecule has 0 unspecified atom stereocenters.